The molecular weight excluding hydrogens is 1870 g/mol. The van der Waals surface area contributed by atoms with Crippen molar-refractivity contribution < 1.29 is 76.3 Å². The number of aryl methyl sites for hydroxylation is 4. The lowest BCUT2D eigenvalue weighted by atomic mass is 9.97. The maximum atomic E-state index is 14.0. The van der Waals surface area contributed by atoms with Crippen molar-refractivity contribution in [3.05, 3.63) is 114 Å². The summed E-state index contributed by atoms with van der Waals surface area (Å²) in [6.07, 6.45) is 12.8. The highest BCUT2D eigenvalue weighted by molar-refractivity contribution is 7.18. The van der Waals surface area contributed by atoms with Crippen LogP contribution in [0.5, 0.6) is 0 Å². The van der Waals surface area contributed by atoms with Gasteiger partial charge in [0.1, 0.15) is 46.0 Å². The van der Waals surface area contributed by atoms with Crippen molar-refractivity contribution in [3.8, 4) is 41.8 Å². The van der Waals surface area contributed by atoms with E-state index in [0.717, 1.165) is 129 Å². The highest BCUT2D eigenvalue weighted by Gasteiger charge is 2.49. The molecular formula is C99H140F4N20O12S4. The van der Waals surface area contributed by atoms with Crippen molar-refractivity contribution in [1.82, 2.24) is 80.7 Å². The molecule has 139 heavy (non-hydrogen) atoms. The fraction of sp³-hybridized carbons (Fsp3) is 0.596. The Morgan fingerprint density at radius 3 is 0.971 bits per heavy atom. The number of nitrogens with zero attached hydrogens (tertiary/aromatic N) is 12. The minimum absolute atomic E-state index is 0.00462. The highest BCUT2D eigenvalue weighted by Crippen LogP contribution is 2.45. The number of aromatic nitrogens is 8. The van der Waals surface area contributed by atoms with E-state index >= 15 is 0 Å². The van der Waals surface area contributed by atoms with Gasteiger partial charge in [0.25, 0.3) is 59.1 Å². The summed E-state index contributed by atoms with van der Waals surface area (Å²) in [5, 5.41) is 64.2. The zero-order valence-electron chi connectivity index (χ0n) is 84.9. The van der Waals surface area contributed by atoms with Gasteiger partial charge < -0.3 is 82.6 Å². The minimum atomic E-state index is -2.98. The van der Waals surface area contributed by atoms with Gasteiger partial charge in [-0.15, -0.1) is 45.3 Å². The number of alkyl halides is 4. The van der Waals surface area contributed by atoms with Crippen LogP contribution in [-0.2, 0) is 0 Å². The van der Waals surface area contributed by atoms with Crippen LogP contribution < -0.4 is 42.5 Å². The van der Waals surface area contributed by atoms with Crippen LogP contribution in [0, 0.1) is 38.5 Å². The molecule has 8 aromatic rings. The maximum Gasteiger partial charge on any atom is 0.280 e. The molecule has 5 saturated heterocycles. The van der Waals surface area contributed by atoms with Crippen LogP contribution in [0.25, 0.3) is 41.8 Å². The fourth-order valence-electron chi connectivity index (χ4n) is 16.0. The summed E-state index contributed by atoms with van der Waals surface area (Å²) in [6.45, 7) is 49.6. The molecule has 0 unspecified atom stereocenters. The van der Waals surface area contributed by atoms with E-state index in [1.165, 1.54) is 22.7 Å². The number of carbonyl (C=O) groups excluding carboxylic acids is 8. The van der Waals surface area contributed by atoms with E-state index in [9.17, 15) is 76.3 Å². The van der Waals surface area contributed by atoms with E-state index in [-0.39, 0.29) is 116 Å². The second kappa shape index (κ2) is 44.0. The van der Waals surface area contributed by atoms with Crippen molar-refractivity contribution in [2.24, 2.45) is 10.8 Å². The van der Waals surface area contributed by atoms with Gasteiger partial charge in [-0.1, -0.05) is 48.5 Å². The Morgan fingerprint density at radius 1 is 0.417 bits per heavy atom. The summed E-state index contributed by atoms with van der Waals surface area (Å²) >= 11 is 4.38. The highest BCUT2D eigenvalue weighted by atomic mass is 32.1. The summed E-state index contributed by atoms with van der Waals surface area (Å²) in [4.78, 5) is 149. The molecule has 760 valence electrons. The number of hydrogen-bond acceptors (Lipinski definition) is 28. The third-order valence-electron chi connectivity index (χ3n) is 23.7. The number of rotatable bonds is 29. The van der Waals surface area contributed by atoms with Gasteiger partial charge in [0.05, 0.1) is 55.0 Å². The average Bonchev–Trinajstić information content (AvgIpc) is 1.63. The number of aliphatic hydroxyl groups is 4. The largest absolute Gasteiger partial charge is 0.389 e. The molecule has 0 aromatic carbocycles. The Morgan fingerprint density at radius 2 is 0.705 bits per heavy atom. The number of hydrogen-bond donors (Lipinski definition) is 12. The van der Waals surface area contributed by atoms with Gasteiger partial charge in [-0.25, -0.2) is 57.4 Å². The predicted octanol–water partition coefficient (Wildman–Crippen LogP) is 16.5. The standard InChI is InChI=1S/C26H37N5O3S.C25H35F2N5O3S.C25H37N5O3S.C23H31F2N5O3S/c1-15-11-19(28-13-25(2,3)4)27-12-18(15)21-20(24(33)31-16-7-8-17(31)10-9-16)30-23(35-21)22(32)29-14-26(5,6)34;1-14-8-17(29-11-23(3,4)5)28-10-16(14)19-18(22(34)32-13-25(26,27)9-15(32)2)31-21(36-19)20(33)30-12-24(6,7)35;1-8-24(4,5)29-18-12-15(2)17(13-26-18)20-19(23(32)30-11-9-10-16(30)3)28-22(34-20)21(31)27-14-25(6,7)33;1-12(2)28-16-7-13(3)15(9-26-16)18-17(21(32)30-11-23(24,25)8-14(30)4)29-20(34-18)19(31)27-10-22(5,6)33/h11-12,16-17,34H,7-10,13-14H2,1-6H3,(H,27,28)(H,29,32);8,10,15,35H,9,11-13H2,1-7H3,(H,28,29)(H,30,33);12-13,16,33H,8-11,14H2,1-7H3,(H,26,29)(H,27,31);7,9,12,14,33H,8,10-11H2,1-6H3,(H,26,28)(H,27,31)/t;15-;16-;14-/m.000/s1. The molecule has 3 atom stereocenters. The summed E-state index contributed by atoms with van der Waals surface area (Å²) in [6, 6.07) is 7.10. The van der Waals surface area contributed by atoms with Crippen LogP contribution in [0.3, 0.4) is 0 Å². The second-order valence-corrected chi connectivity index (χ2v) is 47.1. The van der Waals surface area contributed by atoms with Crippen LogP contribution in [0.2, 0.25) is 0 Å². The molecule has 13 heterocycles. The number of nitrogens with one attached hydrogen (secondary N) is 8. The molecule has 13 rings (SSSR count). The van der Waals surface area contributed by atoms with E-state index in [0.29, 0.717) is 61.1 Å². The number of anilines is 4. The zero-order chi connectivity index (χ0) is 103. The molecule has 0 radical (unpaired) electrons. The molecule has 12 N–H and O–H groups in total. The van der Waals surface area contributed by atoms with Crippen molar-refractivity contribution >= 4 is 116 Å². The van der Waals surface area contributed by atoms with Crippen LogP contribution in [-0.4, -0.2) is 262 Å². The topological polar surface area (TPSA) is 430 Å². The van der Waals surface area contributed by atoms with E-state index in [1.54, 1.807) is 94.0 Å². The number of carbonyl (C=O) groups is 8. The van der Waals surface area contributed by atoms with Gasteiger partial charge in [0, 0.05) is 147 Å². The SMILES string of the molecule is CCC(C)(C)Nc1cc(C)c(-c2sc(C(=O)NCC(C)(C)O)nc2C(=O)N2CCC[C@@H]2C)cn1.Cc1cc(NC(C)C)ncc1-c1sc(C(=O)NCC(C)(C)O)nc1C(=O)N1CC(F)(F)C[C@@H]1C.Cc1cc(NCC(C)(C)C)ncc1-c1sc(C(=O)NCC(C)(C)O)nc1C(=O)N1C2CCC1CC2.Cc1cc(NCC(C)(C)C)ncc1-c1sc(C(=O)NCC(C)(C)O)nc1C(=O)N1CC(F)(F)C[C@@H]1C. The minimum Gasteiger partial charge on any atom is -0.389 e. The third kappa shape index (κ3) is 30.4. The maximum absolute atomic E-state index is 14.0. The van der Waals surface area contributed by atoms with Gasteiger partial charge in [0.15, 0.2) is 20.0 Å². The number of halogens is 4. The summed E-state index contributed by atoms with van der Waals surface area (Å²) in [5.74, 6) is -6.56. The van der Waals surface area contributed by atoms with E-state index < -0.39 is 108 Å². The predicted molar refractivity (Wildman–Crippen MR) is 540 cm³/mol. The number of thiazole rings is 4. The molecule has 8 aromatic heterocycles. The lowest BCUT2D eigenvalue weighted by Gasteiger charge is -2.25. The molecule has 40 heteroatoms. The van der Waals surface area contributed by atoms with Crippen molar-refractivity contribution in [2.75, 3.05) is 80.2 Å². The first-order valence-corrected chi connectivity index (χ1v) is 50.5. The van der Waals surface area contributed by atoms with Crippen LogP contribution in [0.4, 0.5) is 40.8 Å². The second-order valence-electron chi connectivity index (χ2n) is 43.1. The van der Waals surface area contributed by atoms with Gasteiger partial charge in [-0.2, -0.15) is 0 Å². The smallest absolute Gasteiger partial charge is 0.280 e. The molecule has 32 nitrogen and oxygen atoms in total. The van der Waals surface area contributed by atoms with Gasteiger partial charge >= 0.3 is 0 Å². The van der Waals surface area contributed by atoms with Crippen molar-refractivity contribution in [1.29, 1.82) is 0 Å². The molecule has 0 saturated carbocycles. The lowest BCUT2D eigenvalue weighted by molar-refractivity contribution is 0.0115. The first-order valence-electron chi connectivity index (χ1n) is 47.2. The van der Waals surface area contributed by atoms with E-state index in [4.69, 9.17) is 0 Å². The van der Waals surface area contributed by atoms with Gasteiger partial charge in [-0.3, -0.25) is 38.4 Å². The molecule has 5 aliphatic heterocycles. The summed E-state index contributed by atoms with van der Waals surface area (Å²) in [5.41, 5.74) is 2.47. The number of pyridine rings is 4. The first-order chi connectivity index (χ1) is 64.3. The van der Waals surface area contributed by atoms with Gasteiger partial charge in [-0.05, 0) is 234 Å². The Kier molecular flexibility index (Phi) is 35.0. The Balaban J connectivity index is 0.000000191. The Bertz CT molecular complexity index is 5760. The molecule has 5 fully saturated rings. The molecule has 2 bridgehead atoms. The third-order valence-corrected chi connectivity index (χ3v) is 28.1. The average molecular weight is 2010 g/mol. The van der Waals surface area contributed by atoms with E-state index in [2.05, 4.69) is 145 Å². The Labute approximate surface area is 828 Å². The van der Waals surface area contributed by atoms with Crippen molar-refractivity contribution in [2.45, 2.75) is 314 Å². The Hall–Kier alpha value is -10.4. The molecule has 0 spiro atoms. The zero-order valence-corrected chi connectivity index (χ0v) is 88.1. The fourth-order valence-corrected chi connectivity index (χ4v) is 20.2. The van der Waals surface area contributed by atoms with Crippen LogP contribution in [0.15, 0.2) is 49.1 Å². The van der Waals surface area contributed by atoms with Crippen LogP contribution >= 0.6 is 45.3 Å². The quantitative estimate of drug-likeness (QED) is 0.0194. The van der Waals surface area contributed by atoms with Crippen molar-refractivity contribution in [3.63, 3.8) is 0 Å². The van der Waals surface area contributed by atoms with Gasteiger partial charge in [0.2, 0.25) is 0 Å². The number of fused-ring (bicyclic) bond motifs is 2. The lowest BCUT2D eigenvalue weighted by Crippen LogP contribution is -2.38. The van der Waals surface area contributed by atoms with E-state index in [1.807, 2.05) is 82.5 Å². The van der Waals surface area contributed by atoms with Crippen LogP contribution in [0.1, 0.15) is 314 Å². The molecule has 8 amide bonds. The summed E-state index contributed by atoms with van der Waals surface area (Å²) in [7, 11) is 0. The molecule has 0 aliphatic carbocycles. The number of amides is 8. The molecule has 5 aliphatic rings. The number of likely N-dealkylation sites (tertiary alicyclic amines) is 3. The normalized spacial score (nSPS) is 18.0. The monoisotopic (exact) mass is 2000 g/mol. The summed E-state index contributed by atoms with van der Waals surface area (Å²) < 4.78 is 56.0. The first kappa shape index (κ1) is 111.